The Bertz CT molecular complexity index is 216. The van der Waals surface area contributed by atoms with Crippen LogP contribution < -0.4 is 0 Å². The van der Waals surface area contributed by atoms with Gasteiger partial charge in [-0.25, -0.2) is 4.79 Å². The Hall–Kier alpha value is -1.33. The number of ketones is 1. The van der Waals surface area contributed by atoms with E-state index in [-0.39, 0.29) is 0 Å². The van der Waals surface area contributed by atoms with Crippen LogP contribution in [0.5, 0.6) is 0 Å². The van der Waals surface area contributed by atoms with Gasteiger partial charge in [-0.15, -0.1) is 0 Å². The van der Waals surface area contributed by atoms with Crippen LogP contribution in [0.1, 0.15) is 0 Å². The topological polar surface area (TPSA) is 54.4 Å². The third-order valence-corrected chi connectivity index (χ3v) is 0.790. The van der Waals surface area contributed by atoms with Crippen molar-refractivity contribution in [3.05, 3.63) is 12.2 Å². The molecule has 0 heterocycles. The molecule has 0 aliphatic heterocycles. The number of alkyl halides is 3. The summed E-state index contributed by atoms with van der Waals surface area (Å²) in [6, 6.07) is 0. The van der Waals surface area contributed by atoms with Crippen molar-refractivity contribution in [2.45, 2.75) is 6.18 Å². The minimum absolute atomic E-state index is 1.47. The second-order valence-electron chi connectivity index (χ2n) is 1.61. The Labute approximate surface area is 59.1 Å². The predicted octanol–water partition coefficient (Wildman–Crippen LogP) is 0.759. The van der Waals surface area contributed by atoms with Crippen LogP contribution in [0.3, 0.4) is 0 Å². The van der Waals surface area contributed by atoms with Gasteiger partial charge in [0.05, 0.1) is 0 Å². The summed E-state index contributed by atoms with van der Waals surface area (Å²) in [5.74, 6) is -4.39. The Balaban J connectivity index is 4.53. The van der Waals surface area contributed by atoms with E-state index in [4.69, 9.17) is 5.11 Å². The zero-order valence-electron chi connectivity index (χ0n) is 5.10. The third kappa shape index (κ3) is 2.40. The van der Waals surface area contributed by atoms with Crippen LogP contribution in [0.15, 0.2) is 12.2 Å². The van der Waals surface area contributed by atoms with E-state index in [2.05, 4.69) is 6.58 Å². The maximum atomic E-state index is 11.4. The molecule has 0 saturated heterocycles. The van der Waals surface area contributed by atoms with Crippen LogP contribution in [0, 0.1) is 0 Å². The van der Waals surface area contributed by atoms with Gasteiger partial charge in [-0.05, 0) is 0 Å². The average molecular weight is 168 g/mol. The fourth-order valence-electron chi connectivity index (χ4n) is 0.268. The summed E-state index contributed by atoms with van der Waals surface area (Å²) in [5, 5.41) is 7.90. The fourth-order valence-corrected chi connectivity index (χ4v) is 0.268. The molecule has 6 heteroatoms. The standard InChI is InChI=1S/C5H3F3O3/c1-2(4(10)11)3(9)5(6,7)8/h1H2,(H,10,11). The number of carboxylic acids is 1. The van der Waals surface area contributed by atoms with Crippen LogP contribution in [-0.2, 0) is 9.59 Å². The largest absolute Gasteiger partial charge is 0.478 e. The molecule has 1 N–H and O–H groups in total. The van der Waals surface area contributed by atoms with Crippen molar-refractivity contribution < 1.29 is 27.9 Å². The number of aliphatic carboxylic acids is 1. The van der Waals surface area contributed by atoms with E-state index in [1.807, 2.05) is 0 Å². The quantitative estimate of drug-likeness (QED) is 0.376. The van der Waals surface area contributed by atoms with Gasteiger partial charge >= 0.3 is 12.1 Å². The number of carboxylic acid groups (broad SMARTS) is 1. The lowest BCUT2D eigenvalue weighted by Crippen LogP contribution is -2.27. The summed E-state index contributed by atoms with van der Waals surface area (Å²) >= 11 is 0. The molecule has 0 amide bonds. The maximum Gasteiger partial charge on any atom is 0.455 e. The van der Waals surface area contributed by atoms with Crippen molar-refractivity contribution in [1.82, 2.24) is 0 Å². The summed E-state index contributed by atoms with van der Waals surface area (Å²) in [4.78, 5) is 19.8. The number of hydrogen-bond donors (Lipinski definition) is 1. The van der Waals surface area contributed by atoms with Crippen molar-refractivity contribution in [1.29, 1.82) is 0 Å². The molecule has 11 heavy (non-hydrogen) atoms. The van der Waals surface area contributed by atoms with Crippen molar-refractivity contribution in [2.75, 3.05) is 0 Å². The molecular formula is C5H3F3O3. The van der Waals surface area contributed by atoms with Crippen LogP contribution in [-0.4, -0.2) is 23.0 Å². The highest BCUT2D eigenvalue weighted by Gasteiger charge is 2.42. The molecule has 0 aliphatic rings. The van der Waals surface area contributed by atoms with Crippen molar-refractivity contribution in [3.8, 4) is 0 Å². The van der Waals surface area contributed by atoms with Crippen molar-refractivity contribution in [3.63, 3.8) is 0 Å². The highest BCUT2D eigenvalue weighted by Crippen LogP contribution is 2.19. The van der Waals surface area contributed by atoms with Crippen molar-refractivity contribution in [2.24, 2.45) is 0 Å². The lowest BCUT2D eigenvalue weighted by molar-refractivity contribution is -0.168. The van der Waals surface area contributed by atoms with Crippen LogP contribution in [0.4, 0.5) is 13.2 Å². The molecule has 0 fully saturated rings. The normalized spacial score (nSPS) is 10.8. The SMILES string of the molecule is C=C(C(=O)O)C(=O)C(F)(F)F. The minimum atomic E-state index is -5.16. The number of Topliss-reactive ketones (excluding diaryl/α,β-unsaturated/α-hetero) is 1. The zero-order valence-corrected chi connectivity index (χ0v) is 5.10. The van der Waals surface area contributed by atoms with E-state index in [9.17, 15) is 22.8 Å². The third-order valence-electron chi connectivity index (χ3n) is 0.790. The van der Waals surface area contributed by atoms with Gasteiger partial charge in [-0.1, -0.05) is 6.58 Å². The first-order valence-corrected chi connectivity index (χ1v) is 2.30. The molecule has 0 saturated carbocycles. The van der Waals surface area contributed by atoms with E-state index in [1.165, 1.54) is 0 Å². The molecule has 0 aromatic heterocycles. The second kappa shape index (κ2) is 2.73. The van der Waals surface area contributed by atoms with Gasteiger partial charge in [0.1, 0.15) is 5.57 Å². The number of carbonyl (C=O) groups is 2. The summed E-state index contributed by atoms with van der Waals surface area (Å²) in [7, 11) is 0. The lowest BCUT2D eigenvalue weighted by atomic mass is 10.2. The van der Waals surface area contributed by atoms with Gasteiger partial charge in [-0.2, -0.15) is 13.2 Å². The van der Waals surface area contributed by atoms with Gasteiger partial charge in [0.2, 0.25) is 0 Å². The van der Waals surface area contributed by atoms with Gasteiger partial charge in [-0.3, -0.25) is 4.79 Å². The van der Waals surface area contributed by atoms with Gasteiger partial charge < -0.3 is 5.11 Å². The molecule has 0 aromatic carbocycles. The summed E-state index contributed by atoms with van der Waals surface area (Å²) in [6.45, 7) is 2.45. The Morgan fingerprint density at radius 2 is 1.64 bits per heavy atom. The minimum Gasteiger partial charge on any atom is -0.478 e. The van der Waals surface area contributed by atoms with Crippen LogP contribution >= 0.6 is 0 Å². The molecule has 0 unspecified atom stereocenters. The predicted molar refractivity (Wildman–Crippen MR) is 27.8 cm³/mol. The van der Waals surface area contributed by atoms with Crippen molar-refractivity contribution >= 4 is 11.8 Å². The highest BCUT2D eigenvalue weighted by molar-refractivity contribution is 6.18. The molecule has 0 aliphatic carbocycles. The Kier molecular flexibility index (Phi) is 2.40. The summed E-state index contributed by atoms with van der Waals surface area (Å²) in [6.07, 6.45) is -5.16. The number of hydrogen-bond acceptors (Lipinski definition) is 2. The van der Waals surface area contributed by atoms with E-state index in [0.717, 1.165) is 0 Å². The number of rotatable bonds is 2. The molecule has 3 nitrogen and oxygen atoms in total. The Morgan fingerprint density at radius 3 is 1.73 bits per heavy atom. The zero-order chi connectivity index (χ0) is 9.23. The summed E-state index contributed by atoms with van der Waals surface area (Å²) < 4.78 is 34.2. The van der Waals surface area contributed by atoms with E-state index in [1.54, 1.807) is 0 Å². The summed E-state index contributed by atoms with van der Waals surface area (Å²) in [5.41, 5.74) is -1.47. The highest BCUT2D eigenvalue weighted by atomic mass is 19.4. The van der Waals surface area contributed by atoms with Gasteiger partial charge in [0.25, 0.3) is 5.78 Å². The maximum absolute atomic E-state index is 11.4. The number of halogens is 3. The molecule has 0 spiro atoms. The molecule has 0 radical (unpaired) electrons. The first kappa shape index (κ1) is 9.67. The molecular weight excluding hydrogens is 165 g/mol. The fraction of sp³-hybridized carbons (Fsp3) is 0.200. The number of carbonyl (C=O) groups excluding carboxylic acids is 1. The Morgan fingerprint density at radius 1 is 1.27 bits per heavy atom. The van der Waals surface area contributed by atoms with E-state index in [0.29, 0.717) is 0 Å². The van der Waals surface area contributed by atoms with E-state index >= 15 is 0 Å². The molecule has 62 valence electrons. The first-order chi connectivity index (χ1) is 4.76. The monoisotopic (exact) mass is 168 g/mol. The van der Waals surface area contributed by atoms with Gasteiger partial charge in [0, 0.05) is 0 Å². The van der Waals surface area contributed by atoms with E-state index < -0.39 is 23.5 Å². The molecule has 0 aromatic rings. The lowest BCUT2D eigenvalue weighted by Gasteiger charge is -2.02. The first-order valence-electron chi connectivity index (χ1n) is 2.30. The van der Waals surface area contributed by atoms with Gasteiger partial charge in [0.15, 0.2) is 0 Å². The smallest absolute Gasteiger partial charge is 0.455 e. The molecule has 0 rings (SSSR count). The van der Waals surface area contributed by atoms with Crippen LogP contribution in [0.2, 0.25) is 0 Å². The average Bonchev–Trinajstić information content (AvgIpc) is 1.82. The molecule has 0 atom stereocenters. The second-order valence-corrected chi connectivity index (χ2v) is 1.61. The molecule has 0 bridgehead atoms. The van der Waals surface area contributed by atoms with Crippen LogP contribution in [0.25, 0.3) is 0 Å².